The first-order valence-corrected chi connectivity index (χ1v) is 9.48. The number of benzene rings is 2. The lowest BCUT2D eigenvalue weighted by atomic mass is 10.00. The average molecular weight is 407 g/mol. The summed E-state index contributed by atoms with van der Waals surface area (Å²) in [5, 5.41) is 5.04. The molecule has 5 nitrogen and oxygen atoms in total. The molecule has 0 saturated carbocycles. The van der Waals surface area contributed by atoms with Crippen LogP contribution in [0.25, 0.3) is 10.8 Å². The van der Waals surface area contributed by atoms with Crippen molar-refractivity contribution in [2.45, 2.75) is 31.6 Å². The van der Waals surface area contributed by atoms with Crippen LogP contribution in [0.5, 0.6) is 0 Å². The first-order valence-electron chi connectivity index (χ1n) is 9.48. The second kappa shape index (κ2) is 8.41. The third-order valence-electron chi connectivity index (χ3n) is 5.23. The summed E-state index contributed by atoms with van der Waals surface area (Å²) in [5.41, 5.74) is 0.979. The number of fused-ring (bicyclic) bond motifs is 1. The minimum atomic E-state index is -4.42. The zero-order chi connectivity index (χ0) is 21.2. The van der Waals surface area contributed by atoms with Crippen LogP contribution in [0.15, 0.2) is 42.5 Å². The molecule has 0 aromatic heterocycles. The maximum atomic E-state index is 12.6. The van der Waals surface area contributed by atoms with E-state index in [0.717, 1.165) is 21.2 Å². The van der Waals surface area contributed by atoms with Gasteiger partial charge in [-0.25, -0.2) is 0 Å². The van der Waals surface area contributed by atoms with Crippen LogP contribution >= 0.6 is 0 Å². The zero-order valence-corrected chi connectivity index (χ0v) is 16.4. The fourth-order valence-corrected chi connectivity index (χ4v) is 3.83. The molecule has 1 heterocycles. The van der Waals surface area contributed by atoms with Crippen molar-refractivity contribution in [3.05, 3.63) is 48.0 Å². The number of nitrogens with one attached hydrogen (secondary N) is 1. The number of hydrogen-bond acceptors (Lipinski definition) is 3. The Morgan fingerprint density at radius 1 is 1.24 bits per heavy atom. The van der Waals surface area contributed by atoms with Crippen molar-refractivity contribution in [1.82, 2.24) is 15.1 Å². The van der Waals surface area contributed by atoms with Gasteiger partial charge >= 0.3 is 6.18 Å². The highest BCUT2D eigenvalue weighted by Gasteiger charge is 2.40. The summed E-state index contributed by atoms with van der Waals surface area (Å²) >= 11 is 0. The van der Waals surface area contributed by atoms with E-state index in [1.807, 2.05) is 49.4 Å². The number of likely N-dealkylation sites (tertiary alicyclic amines) is 1. The van der Waals surface area contributed by atoms with E-state index in [2.05, 4.69) is 5.32 Å². The van der Waals surface area contributed by atoms with Crippen molar-refractivity contribution in [2.24, 2.45) is 0 Å². The molecular formula is C21H24F3N3O2. The summed E-state index contributed by atoms with van der Waals surface area (Å²) in [6.45, 7) is 0.610. The predicted molar refractivity (Wildman–Crippen MR) is 104 cm³/mol. The number of amides is 2. The highest BCUT2D eigenvalue weighted by atomic mass is 19.4. The summed E-state index contributed by atoms with van der Waals surface area (Å²) in [6.07, 6.45) is -4.15. The van der Waals surface area contributed by atoms with Gasteiger partial charge in [-0.15, -0.1) is 0 Å². The van der Waals surface area contributed by atoms with Crippen molar-refractivity contribution in [1.29, 1.82) is 0 Å². The number of hydrogen-bond donors (Lipinski definition) is 1. The van der Waals surface area contributed by atoms with Crippen LogP contribution in [-0.2, 0) is 9.59 Å². The Morgan fingerprint density at radius 2 is 1.93 bits per heavy atom. The van der Waals surface area contributed by atoms with Crippen LogP contribution in [0.2, 0.25) is 0 Å². The Morgan fingerprint density at radius 3 is 2.66 bits per heavy atom. The zero-order valence-electron chi connectivity index (χ0n) is 16.4. The van der Waals surface area contributed by atoms with Gasteiger partial charge in [0, 0.05) is 6.54 Å². The van der Waals surface area contributed by atoms with E-state index in [1.54, 1.807) is 7.05 Å². The van der Waals surface area contributed by atoms with Crippen molar-refractivity contribution >= 4 is 22.6 Å². The molecule has 0 spiro atoms. The van der Waals surface area contributed by atoms with Crippen molar-refractivity contribution in [3.63, 3.8) is 0 Å². The van der Waals surface area contributed by atoms with E-state index >= 15 is 0 Å². The molecule has 3 rings (SSSR count). The lowest BCUT2D eigenvalue weighted by Crippen LogP contribution is -2.46. The number of nitrogens with zero attached hydrogens (tertiary/aromatic N) is 2. The standard InChI is InChI=1S/C21H24F3N3O2/c1-14(16-9-5-7-15-6-3-4-8-17(15)16)25-19(28)12-26(2)18-10-11-27(20(18)29)13-21(22,23)24/h3-9,14,18H,10-13H2,1-2H3,(H,25,28). The molecule has 1 fully saturated rings. The van der Waals surface area contributed by atoms with Crippen LogP contribution in [0.1, 0.15) is 24.9 Å². The molecule has 1 aliphatic heterocycles. The molecule has 2 amide bonds. The normalized spacial score (nSPS) is 18.5. The fraction of sp³-hybridized carbons (Fsp3) is 0.429. The molecule has 2 aromatic rings. The van der Waals surface area contributed by atoms with Gasteiger partial charge in [0.05, 0.1) is 18.6 Å². The van der Waals surface area contributed by atoms with Crippen LogP contribution in [0.3, 0.4) is 0 Å². The number of carbonyl (C=O) groups is 2. The van der Waals surface area contributed by atoms with E-state index < -0.39 is 24.7 Å². The van der Waals surface area contributed by atoms with E-state index in [-0.39, 0.29) is 31.5 Å². The van der Waals surface area contributed by atoms with Crippen molar-refractivity contribution in [3.8, 4) is 0 Å². The first kappa shape index (κ1) is 21.1. The Kier molecular flexibility index (Phi) is 6.12. The van der Waals surface area contributed by atoms with Gasteiger partial charge in [-0.2, -0.15) is 13.2 Å². The molecule has 156 valence electrons. The van der Waals surface area contributed by atoms with Gasteiger partial charge < -0.3 is 10.2 Å². The molecule has 2 atom stereocenters. The van der Waals surface area contributed by atoms with Gasteiger partial charge in [0.2, 0.25) is 11.8 Å². The number of likely N-dealkylation sites (N-methyl/N-ethyl adjacent to an activating group) is 1. The molecule has 1 N–H and O–H groups in total. The van der Waals surface area contributed by atoms with Gasteiger partial charge in [-0.3, -0.25) is 14.5 Å². The van der Waals surface area contributed by atoms with Gasteiger partial charge in [-0.1, -0.05) is 42.5 Å². The van der Waals surface area contributed by atoms with Crippen LogP contribution in [0.4, 0.5) is 13.2 Å². The monoisotopic (exact) mass is 407 g/mol. The highest BCUT2D eigenvalue weighted by Crippen LogP contribution is 2.25. The van der Waals surface area contributed by atoms with Crippen LogP contribution < -0.4 is 5.32 Å². The van der Waals surface area contributed by atoms with Crippen molar-refractivity contribution in [2.75, 3.05) is 26.7 Å². The molecule has 1 aliphatic rings. The van der Waals surface area contributed by atoms with E-state index in [4.69, 9.17) is 0 Å². The Hall–Kier alpha value is -2.61. The average Bonchev–Trinajstić information content (AvgIpc) is 3.00. The lowest BCUT2D eigenvalue weighted by Gasteiger charge is -2.25. The third-order valence-corrected chi connectivity index (χ3v) is 5.23. The summed E-state index contributed by atoms with van der Waals surface area (Å²) in [6, 6.07) is 12.8. The number of carbonyl (C=O) groups excluding carboxylic acids is 2. The second-order valence-electron chi connectivity index (χ2n) is 7.45. The van der Waals surface area contributed by atoms with E-state index in [0.29, 0.717) is 0 Å². The Labute approximate surface area is 167 Å². The molecule has 2 unspecified atom stereocenters. The molecule has 8 heteroatoms. The molecule has 1 saturated heterocycles. The van der Waals surface area contributed by atoms with Crippen LogP contribution in [-0.4, -0.2) is 60.5 Å². The van der Waals surface area contributed by atoms with E-state index in [9.17, 15) is 22.8 Å². The lowest BCUT2D eigenvalue weighted by molar-refractivity contribution is -0.159. The maximum Gasteiger partial charge on any atom is 0.406 e. The fourth-order valence-electron chi connectivity index (χ4n) is 3.83. The molecule has 0 radical (unpaired) electrons. The first-order chi connectivity index (χ1) is 13.7. The summed E-state index contributed by atoms with van der Waals surface area (Å²) in [7, 11) is 1.59. The molecule has 2 aromatic carbocycles. The van der Waals surface area contributed by atoms with Gasteiger partial charge in [0.15, 0.2) is 0 Å². The topological polar surface area (TPSA) is 52.7 Å². The van der Waals surface area contributed by atoms with Gasteiger partial charge in [0.1, 0.15) is 6.54 Å². The second-order valence-corrected chi connectivity index (χ2v) is 7.45. The Bertz CT molecular complexity index is 895. The summed E-state index contributed by atoms with van der Waals surface area (Å²) in [5.74, 6) is -0.866. The largest absolute Gasteiger partial charge is 0.406 e. The maximum absolute atomic E-state index is 12.6. The molecule has 29 heavy (non-hydrogen) atoms. The minimum absolute atomic E-state index is 0.0430. The number of alkyl halides is 3. The molecule has 0 bridgehead atoms. The quantitative estimate of drug-likeness (QED) is 0.801. The summed E-state index contributed by atoms with van der Waals surface area (Å²) in [4.78, 5) is 27.1. The van der Waals surface area contributed by atoms with E-state index in [1.165, 1.54) is 4.90 Å². The minimum Gasteiger partial charge on any atom is -0.348 e. The molecule has 0 aliphatic carbocycles. The predicted octanol–water partition coefficient (Wildman–Crippen LogP) is 3.11. The van der Waals surface area contributed by atoms with Crippen molar-refractivity contribution < 1.29 is 22.8 Å². The number of halogens is 3. The smallest absolute Gasteiger partial charge is 0.348 e. The van der Waals surface area contributed by atoms with Crippen LogP contribution in [0, 0.1) is 0 Å². The SMILES string of the molecule is CC(NC(=O)CN(C)C1CCN(CC(F)(F)F)C1=O)c1cccc2ccccc12. The summed E-state index contributed by atoms with van der Waals surface area (Å²) < 4.78 is 37.7. The highest BCUT2D eigenvalue weighted by molar-refractivity contribution is 5.88. The van der Waals surface area contributed by atoms with Gasteiger partial charge in [-0.05, 0) is 36.7 Å². The number of rotatable bonds is 6. The Balaban J connectivity index is 1.59. The molecular weight excluding hydrogens is 383 g/mol. The third kappa shape index (κ3) is 5.06. The van der Waals surface area contributed by atoms with Gasteiger partial charge in [0.25, 0.3) is 0 Å².